The lowest BCUT2D eigenvalue weighted by atomic mass is 10.0. The Balaban J connectivity index is 2.45. The van der Waals surface area contributed by atoms with Crippen LogP contribution in [0.3, 0.4) is 0 Å². The molecule has 0 heterocycles. The Morgan fingerprint density at radius 3 is 3.10 bits per heavy atom. The monoisotopic (exact) mass is 139 g/mol. The van der Waals surface area contributed by atoms with Gasteiger partial charge in [-0.1, -0.05) is 12.2 Å². The zero-order valence-electron chi connectivity index (χ0n) is 6.01. The molecule has 1 aliphatic carbocycles. The van der Waals surface area contributed by atoms with E-state index < -0.39 is 0 Å². The standard InChI is InChI=1S/C8H13NO/c9-7-3-1-2-4-8(10)6-5-7/h2,4,8-10H,1,3,5-6H2. The third-order valence-electron chi connectivity index (χ3n) is 1.71. The second kappa shape index (κ2) is 3.52. The topological polar surface area (TPSA) is 44.1 Å². The quantitative estimate of drug-likeness (QED) is 0.491. The van der Waals surface area contributed by atoms with Gasteiger partial charge >= 0.3 is 0 Å². The van der Waals surface area contributed by atoms with Crippen molar-refractivity contribution in [2.75, 3.05) is 0 Å². The molecule has 2 N–H and O–H groups in total. The molecule has 0 amide bonds. The minimum Gasteiger partial charge on any atom is -0.389 e. The van der Waals surface area contributed by atoms with Crippen molar-refractivity contribution in [2.45, 2.75) is 31.8 Å². The first-order valence-corrected chi connectivity index (χ1v) is 3.70. The van der Waals surface area contributed by atoms with Crippen molar-refractivity contribution in [3.05, 3.63) is 12.2 Å². The number of nitrogens with one attached hydrogen (secondary N) is 1. The van der Waals surface area contributed by atoms with Crippen LogP contribution >= 0.6 is 0 Å². The van der Waals surface area contributed by atoms with Gasteiger partial charge in [0.15, 0.2) is 0 Å². The zero-order chi connectivity index (χ0) is 7.40. The van der Waals surface area contributed by atoms with Crippen molar-refractivity contribution in [2.24, 2.45) is 0 Å². The molecule has 0 saturated heterocycles. The van der Waals surface area contributed by atoms with E-state index in [2.05, 4.69) is 0 Å². The Morgan fingerprint density at radius 2 is 2.30 bits per heavy atom. The minimum atomic E-state index is -0.319. The Labute approximate surface area is 61.1 Å². The first-order valence-electron chi connectivity index (χ1n) is 3.70. The number of hydrogen-bond donors (Lipinski definition) is 2. The van der Waals surface area contributed by atoms with Crippen LogP contribution in [0.1, 0.15) is 25.7 Å². The molecule has 0 fully saturated rings. The molecular formula is C8H13NO. The highest BCUT2D eigenvalue weighted by Gasteiger charge is 2.04. The molecule has 0 saturated carbocycles. The van der Waals surface area contributed by atoms with E-state index in [1.54, 1.807) is 0 Å². The molecule has 0 aromatic heterocycles. The number of hydrogen-bond acceptors (Lipinski definition) is 2. The van der Waals surface area contributed by atoms with E-state index in [9.17, 15) is 0 Å². The van der Waals surface area contributed by atoms with Gasteiger partial charge in [-0.2, -0.15) is 0 Å². The first-order chi connectivity index (χ1) is 4.79. The fourth-order valence-corrected chi connectivity index (χ4v) is 1.05. The van der Waals surface area contributed by atoms with E-state index >= 15 is 0 Å². The van der Waals surface area contributed by atoms with Gasteiger partial charge in [0, 0.05) is 5.71 Å². The fraction of sp³-hybridized carbons (Fsp3) is 0.625. The van der Waals surface area contributed by atoms with Crippen molar-refractivity contribution in [3.8, 4) is 0 Å². The van der Waals surface area contributed by atoms with Gasteiger partial charge in [0.05, 0.1) is 6.10 Å². The van der Waals surface area contributed by atoms with Crippen molar-refractivity contribution >= 4 is 5.71 Å². The van der Waals surface area contributed by atoms with Gasteiger partial charge in [-0.3, -0.25) is 0 Å². The van der Waals surface area contributed by atoms with E-state index in [0.717, 1.165) is 31.4 Å². The summed E-state index contributed by atoms with van der Waals surface area (Å²) in [6.45, 7) is 0. The maximum atomic E-state index is 9.15. The van der Waals surface area contributed by atoms with Gasteiger partial charge in [-0.25, -0.2) is 0 Å². The number of allylic oxidation sites excluding steroid dienone is 1. The largest absolute Gasteiger partial charge is 0.389 e. The molecule has 1 aliphatic rings. The van der Waals surface area contributed by atoms with E-state index in [0.29, 0.717) is 0 Å². The predicted molar refractivity (Wildman–Crippen MR) is 41.3 cm³/mol. The van der Waals surface area contributed by atoms with Crippen LogP contribution in [0.25, 0.3) is 0 Å². The summed E-state index contributed by atoms with van der Waals surface area (Å²) in [6, 6.07) is 0. The van der Waals surface area contributed by atoms with E-state index in [1.807, 2.05) is 12.2 Å². The normalized spacial score (nSPS) is 27.7. The second-order valence-electron chi connectivity index (χ2n) is 2.68. The molecule has 1 atom stereocenters. The Bertz CT molecular complexity index is 151. The van der Waals surface area contributed by atoms with Crippen LogP contribution in [0.4, 0.5) is 0 Å². The van der Waals surface area contributed by atoms with Crippen LogP contribution in [0.15, 0.2) is 12.2 Å². The molecular weight excluding hydrogens is 126 g/mol. The Morgan fingerprint density at radius 1 is 1.50 bits per heavy atom. The van der Waals surface area contributed by atoms with Crippen LogP contribution in [0.2, 0.25) is 0 Å². The molecule has 0 aromatic rings. The Kier molecular flexibility index (Phi) is 2.63. The number of aliphatic hydroxyl groups is 1. The third kappa shape index (κ3) is 2.31. The van der Waals surface area contributed by atoms with E-state index in [-0.39, 0.29) is 6.10 Å². The molecule has 0 bridgehead atoms. The summed E-state index contributed by atoms with van der Waals surface area (Å²) < 4.78 is 0. The van der Waals surface area contributed by atoms with E-state index in [1.165, 1.54) is 0 Å². The van der Waals surface area contributed by atoms with Crippen molar-refractivity contribution in [3.63, 3.8) is 0 Å². The highest BCUT2D eigenvalue weighted by atomic mass is 16.3. The molecule has 0 spiro atoms. The van der Waals surface area contributed by atoms with Gasteiger partial charge < -0.3 is 10.5 Å². The summed E-state index contributed by atoms with van der Waals surface area (Å²) in [6.07, 6.45) is 6.71. The van der Waals surface area contributed by atoms with E-state index in [4.69, 9.17) is 10.5 Å². The van der Waals surface area contributed by atoms with Crippen molar-refractivity contribution < 1.29 is 5.11 Å². The molecule has 0 aromatic carbocycles. The molecule has 2 heteroatoms. The summed E-state index contributed by atoms with van der Waals surface area (Å²) >= 11 is 0. The average molecular weight is 139 g/mol. The fourth-order valence-electron chi connectivity index (χ4n) is 1.05. The molecule has 0 aliphatic heterocycles. The molecule has 2 nitrogen and oxygen atoms in total. The predicted octanol–water partition coefficient (Wildman–Crippen LogP) is 1.50. The summed E-state index contributed by atoms with van der Waals surface area (Å²) in [5.41, 5.74) is 0.767. The van der Waals surface area contributed by atoms with Crippen LogP contribution in [-0.2, 0) is 0 Å². The lowest BCUT2D eigenvalue weighted by Gasteiger charge is -2.09. The lowest BCUT2D eigenvalue weighted by molar-refractivity contribution is 0.214. The number of aliphatic hydroxyl groups excluding tert-OH is 1. The highest BCUT2D eigenvalue weighted by Crippen LogP contribution is 2.08. The van der Waals surface area contributed by atoms with Gasteiger partial charge in [-0.05, 0) is 25.7 Å². The minimum absolute atomic E-state index is 0.319. The van der Waals surface area contributed by atoms with Gasteiger partial charge in [0.2, 0.25) is 0 Å². The SMILES string of the molecule is N=C1CCC=CC(O)CC1. The summed E-state index contributed by atoms with van der Waals surface area (Å²) in [4.78, 5) is 0. The second-order valence-corrected chi connectivity index (χ2v) is 2.68. The van der Waals surface area contributed by atoms with Crippen LogP contribution in [0, 0.1) is 5.41 Å². The van der Waals surface area contributed by atoms with Crippen LogP contribution < -0.4 is 0 Å². The van der Waals surface area contributed by atoms with Crippen molar-refractivity contribution in [1.29, 1.82) is 5.41 Å². The zero-order valence-corrected chi connectivity index (χ0v) is 6.01. The maximum Gasteiger partial charge on any atom is 0.0724 e. The third-order valence-corrected chi connectivity index (χ3v) is 1.71. The number of rotatable bonds is 0. The Hall–Kier alpha value is -0.630. The average Bonchev–Trinajstić information content (AvgIpc) is 1.90. The summed E-state index contributed by atoms with van der Waals surface area (Å²) in [7, 11) is 0. The lowest BCUT2D eigenvalue weighted by Crippen LogP contribution is -2.08. The molecule has 1 unspecified atom stereocenters. The van der Waals surface area contributed by atoms with Crippen LogP contribution in [0.5, 0.6) is 0 Å². The van der Waals surface area contributed by atoms with Gasteiger partial charge in [-0.15, -0.1) is 0 Å². The van der Waals surface area contributed by atoms with Crippen molar-refractivity contribution in [1.82, 2.24) is 0 Å². The summed E-state index contributed by atoms with van der Waals surface area (Å²) in [5.74, 6) is 0. The molecule has 1 rings (SSSR count). The van der Waals surface area contributed by atoms with Gasteiger partial charge in [0.1, 0.15) is 0 Å². The molecule has 0 radical (unpaired) electrons. The van der Waals surface area contributed by atoms with Gasteiger partial charge in [0.25, 0.3) is 0 Å². The maximum absolute atomic E-state index is 9.15. The first kappa shape index (κ1) is 7.48. The molecule has 10 heavy (non-hydrogen) atoms. The highest BCUT2D eigenvalue weighted by molar-refractivity contribution is 5.81. The summed E-state index contributed by atoms with van der Waals surface area (Å²) in [5, 5.41) is 16.5. The van der Waals surface area contributed by atoms with Crippen LogP contribution in [-0.4, -0.2) is 16.9 Å². The smallest absolute Gasteiger partial charge is 0.0724 e. The molecule has 56 valence electrons.